The van der Waals surface area contributed by atoms with Crippen molar-refractivity contribution in [1.82, 2.24) is 0 Å². The van der Waals surface area contributed by atoms with Crippen LogP contribution in [-0.4, -0.2) is 32.7 Å². The lowest BCUT2D eigenvalue weighted by atomic mass is 10.1. The highest BCUT2D eigenvalue weighted by atomic mass is 127. The average Bonchev–Trinajstić information content (AvgIpc) is 2.90. The van der Waals surface area contributed by atoms with Crippen LogP contribution in [0.2, 0.25) is 0 Å². The predicted octanol–water partition coefficient (Wildman–Crippen LogP) is 3.71. The van der Waals surface area contributed by atoms with E-state index in [2.05, 4.69) is 60.1 Å². The summed E-state index contributed by atoms with van der Waals surface area (Å²) in [7, 11) is 4.49. The van der Waals surface area contributed by atoms with Crippen LogP contribution in [0.4, 0.5) is 5.69 Å². The third kappa shape index (κ3) is 8.47. The Balaban J connectivity index is 0.000000372. The number of fused-ring (bicyclic) bond motifs is 1. The van der Waals surface area contributed by atoms with E-state index in [4.69, 9.17) is 0 Å². The summed E-state index contributed by atoms with van der Waals surface area (Å²) in [6.45, 7) is 6.03. The summed E-state index contributed by atoms with van der Waals surface area (Å²) >= 11 is 2.34. The normalized spacial score (nSPS) is 11.3. The molecule has 0 atom stereocenters. The van der Waals surface area contributed by atoms with Gasteiger partial charge < -0.3 is 13.8 Å². The molecule has 1 aliphatic rings. The number of anilines is 1. The molecule has 2 rings (SSSR count). The van der Waals surface area contributed by atoms with Crippen LogP contribution >= 0.6 is 30.3 Å². The van der Waals surface area contributed by atoms with E-state index >= 15 is 0 Å². The summed E-state index contributed by atoms with van der Waals surface area (Å²) in [6.07, 6.45) is 1.20. The molecule has 7 heteroatoms. The van der Waals surface area contributed by atoms with Gasteiger partial charge >= 0.3 is 11.9 Å². The van der Waals surface area contributed by atoms with Gasteiger partial charge in [0, 0.05) is 50.7 Å². The fraction of sp³-hybridized carbons (Fsp3) is 0.467. The largest absolute Gasteiger partial charge is 0.469 e. The Labute approximate surface area is 148 Å². The zero-order valence-corrected chi connectivity index (χ0v) is 16.5. The molecule has 0 spiro atoms. The number of methoxy groups -OCH3 is 2. The minimum atomic E-state index is -0.245. The van der Waals surface area contributed by atoms with Crippen LogP contribution in [-0.2, 0) is 25.5 Å². The maximum absolute atomic E-state index is 9.59. The van der Waals surface area contributed by atoms with Gasteiger partial charge in [-0.15, -0.1) is 0 Å². The van der Waals surface area contributed by atoms with E-state index in [1.54, 1.807) is 9.12 Å². The molecule has 0 bridgehead atoms. The van der Waals surface area contributed by atoms with Gasteiger partial charge in [0.05, 0.1) is 19.9 Å². The second-order valence-corrected chi connectivity index (χ2v) is 6.21. The third-order valence-corrected chi connectivity index (χ3v) is 4.72. The van der Waals surface area contributed by atoms with Crippen LogP contribution in [0.25, 0.3) is 0 Å². The monoisotopic (exact) mass is 439 g/mol. The molecule has 0 N–H and O–H groups in total. The van der Waals surface area contributed by atoms with E-state index in [-0.39, 0.29) is 11.9 Å². The number of benzene rings is 1. The summed E-state index contributed by atoms with van der Waals surface area (Å²) in [5.41, 5.74) is 4.25. The first-order chi connectivity index (χ1) is 10.3. The van der Waals surface area contributed by atoms with Gasteiger partial charge in [-0.2, -0.15) is 0 Å². The molecular formula is C15H22INO4S. The van der Waals surface area contributed by atoms with Crippen LogP contribution < -0.4 is 4.31 Å². The zero-order chi connectivity index (χ0) is 17.1. The molecule has 0 aromatic heterocycles. The minimum Gasteiger partial charge on any atom is -0.469 e. The predicted molar refractivity (Wildman–Crippen MR) is 99.2 cm³/mol. The zero-order valence-electron chi connectivity index (χ0n) is 13.5. The molecule has 0 fully saturated rings. The molecule has 0 saturated heterocycles. The fourth-order valence-electron chi connectivity index (χ4n) is 1.53. The molecule has 0 amide bonds. The molecule has 1 aromatic rings. The molecule has 22 heavy (non-hydrogen) atoms. The van der Waals surface area contributed by atoms with E-state index in [1.165, 1.54) is 51.3 Å². The summed E-state index contributed by atoms with van der Waals surface area (Å²) in [5.74, 6) is -0.491. The molecule has 0 radical (unpaired) electrons. The van der Waals surface area contributed by atoms with Gasteiger partial charge in [0.2, 0.25) is 0 Å². The highest BCUT2D eigenvalue weighted by molar-refractivity contribution is 14.2. The maximum atomic E-state index is 9.59. The van der Waals surface area contributed by atoms with Gasteiger partial charge in [-0.1, -0.05) is 12.1 Å². The topological polar surface area (TPSA) is 55.8 Å². The second kappa shape index (κ2) is 11.6. The van der Waals surface area contributed by atoms with Crippen molar-refractivity contribution in [3.05, 3.63) is 29.3 Å². The number of rotatable bonds is 1. The first-order valence-corrected chi connectivity index (χ1v) is 9.92. The van der Waals surface area contributed by atoms with Crippen molar-refractivity contribution in [2.24, 2.45) is 0 Å². The number of aryl methyl sites for hydroxylation is 1. The maximum Gasteiger partial charge on any atom is 0.302 e. The molecule has 0 saturated carbocycles. The van der Waals surface area contributed by atoms with Gasteiger partial charge in [0.15, 0.2) is 0 Å². The first-order valence-electron chi connectivity index (χ1n) is 6.60. The van der Waals surface area contributed by atoms with Crippen molar-refractivity contribution < 1.29 is 19.1 Å². The molecule has 1 aromatic carbocycles. The van der Waals surface area contributed by atoms with Gasteiger partial charge in [-0.05, 0) is 30.5 Å². The lowest BCUT2D eigenvalue weighted by Gasteiger charge is -2.13. The fourth-order valence-corrected chi connectivity index (χ4v) is 3.16. The first kappa shape index (κ1) is 21.0. The summed E-state index contributed by atoms with van der Waals surface area (Å²) in [5, 5.41) is 0. The summed E-state index contributed by atoms with van der Waals surface area (Å²) < 4.78 is 10.6. The van der Waals surface area contributed by atoms with Crippen LogP contribution in [0.1, 0.15) is 25.0 Å². The van der Waals surface area contributed by atoms with E-state index in [9.17, 15) is 9.59 Å². The summed E-state index contributed by atoms with van der Waals surface area (Å²) in [4.78, 5) is 19.2. The Morgan fingerprint density at radius 3 is 2.09 bits per heavy atom. The van der Waals surface area contributed by atoms with Crippen LogP contribution in [0.5, 0.6) is 0 Å². The number of ether oxygens (including phenoxy) is 2. The SMILES string of the molecule is COC(C)=O.COC(C)=O.Cc1ccc2c(c1)N(SI)CC2. The number of hydrogen-bond donors (Lipinski definition) is 0. The molecule has 1 heterocycles. The molecule has 1 aliphatic heterocycles. The van der Waals surface area contributed by atoms with Crippen LogP contribution in [0, 0.1) is 6.92 Å². The highest BCUT2D eigenvalue weighted by Gasteiger charge is 2.18. The quantitative estimate of drug-likeness (QED) is 0.378. The van der Waals surface area contributed by atoms with Gasteiger partial charge in [0.1, 0.15) is 0 Å². The standard InChI is InChI=1S/C9H10INS.2C3H6O2/c1-7-2-3-8-4-5-11(12-10)9(8)6-7;2*1-3(4)5-2/h2-3,6H,4-5H2,1H3;2*1-2H3. The van der Waals surface area contributed by atoms with Crippen LogP contribution in [0.15, 0.2) is 18.2 Å². The number of halogens is 1. The van der Waals surface area contributed by atoms with Crippen molar-refractivity contribution in [2.45, 2.75) is 27.2 Å². The molecular weight excluding hydrogens is 417 g/mol. The number of carbonyl (C=O) groups excluding carboxylic acids is 2. The lowest BCUT2D eigenvalue weighted by molar-refractivity contribution is -0.138. The number of esters is 2. The smallest absolute Gasteiger partial charge is 0.302 e. The highest BCUT2D eigenvalue weighted by Crippen LogP contribution is 2.36. The van der Waals surface area contributed by atoms with E-state index in [1.807, 2.05) is 0 Å². The molecule has 5 nitrogen and oxygen atoms in total. The van der Waals surface area contributed by atoms with E-state index in [0.717, 1.165) is 6.54 Å². The van der Waals surface area contributed by atoms with Crippen molar-refractivity contribution in [3.8, 4) is 0 Å². The second-order valence-electron chi connectivity index (χ2n) is 4.44. The third-order valence-electron chi connectivity index (χ3n) is 2.75. The number of nitrogens with zero attached hydrogens (tertiary/aromatic N) is 1. The minimum absolute atomic E-state index is 0.245. The molecule has 124 valence electrons. The van der Waals surface area contributed by atoms with Crippen LogP contribution in [0.3, 0.4) is 0 Å². The van der Waals surface area contributed by atoms with E-state index in [0.29, 0.717) is 0 Å². The Morgan fingerprint density at radius 1 is 1.18 bits per heavy atom. The molecule has 0 unspecified atom stereocenters. The Bertz CT molecular complexity index is 482. The Kier molecular flexibility index (Phi) is 11.1. The lowest BCUT2D eigenvalue weighted by Crippen LogP contribution is -2.07. The van der Waals surface area contributed by atoms with Gasteiger partial charge in [-0.25, -0.2) is 0 Å². The van der Waals surface area contributed by atoms with Crippen molar-refractivity contribution in [1.29, 1.82) is 0 Å². The van der Waals surface area contributed by atoms with Crippen molar-refractivity contribution in [3.63, 3.8) is 0 Å². The van der Waals surface area contributed by atoms with Gasteiger partial charge in [-0.3, -0.25) is 9.59 Å². The van der Waals surface area contributed by atoms with Crippen molar-refractivity contribution in [2.75, 3.05) is 25.1 Å². The van der Waals surface area contributed by atoms with Crippen molar-refractivity contribution >= 4 is 48.0 Å². The van der Waals surface area contributed by atoms with Gasteiger partial charge in [0.25, 0.3) is 0 Å². The Hall–Kier alpha value is -0.960. The van der Waals surface area contributed by atoms with E-state index < -0.39 is 0 Å². The number of carbonyl (C=O) groups is 2. The summed E-state index contributed by atoms with van der Waals surface area (Å²) in [6, 6.07) is 6.71. The number of hydrogen-bond acceptors (Lipinski definition) is 6. The average molecular weight is 439 g/mol. The Morgan fingerprint density at radius 2 is 1.68 bits per heavy atom. The molecule has 0 aliphatic carbocycles.